The average molecular weight is 525 g/mol. The Morgan fingerprint density at radius 1 is 1.00 bits per heavy atom. The molecule has 3 aromatic rings. The number of Topliss-reactive ketones (excluding diaryl/α,β-unsaturated/α-hetero) is 1. The van der Waals surface area contributed by atoms with Crippen molar-refractivity contribution in [2.75, 3.05) is 18.4 Å². The molecule has 5 rings (SSSR count). The summed E-state index contributed by atoms with van der Waals surface area (Å²) in [5, 5.41) is 3.57. The van der Waals surface area contributed by atoms with Gasteiger partial charge in [-0.2, -0.15) is 4.31 Å². The van der Waals surface area contributed by atoms with Gasteiger partial charge in [0.1, 0.15) is 0 Å². The number of ketones is 1. The van der Waals surface area contributed by atoms with Gasteiger partial charge in [-0.1, -0.05) is 64.0 Å². The van der Waals surface area contributed by atoms with Crippen molar-refractivity contribution in [3.05, 3.63) is 94.0 Å². The van der Waals surface area contributed by atoms with Crippen molar-refractivity contribution in [2.45, 2.75) is 30.2 Å². The minimum absolute atomic E-state index is 0.0406. The summed E-state index contributed by atoms with van der Waals surface area (Å²) in [6.07, 6.45) is 0. The second-order valence-corrected chi connectivity index (χ2v) is 12.0. The quantitative estimate of drug-likeness (QED) is 0.525. The van der Waals surface area contributed by atoms with E-state index in [4.69, 9.17) is 0 Å². The van der Waals surface area contributed by atoms with E-state index >= 15 is 0 Å². The lowest BCUT2D eigenvalue weighted by Crippen LogP contribution is -2.45. The van der Waals surface area contributed by atoms with E-state index in [0.29, 0.717) is 0 Å². The summed E-state index contributed by atoms with van der Waals surface area (Å²) in [6, 6.07) is 22.5. The van der Waals surface area contributed by atoms with Crippen LogP contribution in [0, 0.1) is 12.8 Å². The molecule has 0 bridgehead atoms. The van der Waals surface area contributed by atoms with Crippen molar-refractivity contribution in [3.8, 4) is 0 Å². The smallest absolute Gasteiger partial charge is 0.243 e. The van der Waals surface area contributed by atoms with Crippen LogP contribution in [0.4, 0.5) is 5.69 Å². The Morgan fingerprint density at radius 2 is 1.67 bits per heavy atom. The minimum atomic E-state index is -3.72. The Balaban J connectivity index is 1.57. The van der Waals surface area contributed by atoms with Crippen molar-refractivity contribution in [2.24, 2.45) is 5.92 Å². The van der Waals surface area contributed by atoms with E-state index in [1.807, 2.05) is 62.4 Å². The lowest BCUT2D eigenvalue weighted by atomic mass is 9.78. The van der Waals surface area contributed by atoms with E-state index in [1.54, 1.807) is 24.3 Å². The largest absolute Gasteiger partial charge is 0.378 e. The van der Waals surface area contributed by atoms with Gasteiger partial charge in [0.25, 0.3) is 0 Å². The lowest BCUT2D eigenvalue weighted by Gasteiger charge is -2.30. The van der Waals surface area contributed by atoms with Gasteiger partial charge in [-0.15, -0.1) is 0 Å². The molecular formula is C26H25BrN2O3S. The molecule has 1 fully saturated rings. The van der Waals surface area contributed by atoms with E-state index < -0.39 is 27.4 Å². The minimum Gasteiger partial charge on any atom is -0.378 e. The maximum Gasteiger partial charge on any atom is 0.243 e. The summed E-state index contributed by atoms with van der Waals surface area (Å²) in [5.41, 5.74) is 2.99. The summed E-state index contributed by atoms with van der Waals surface area (Å²) in [5.74, 6) is -0.909. The van der Waals surface area contributed by atoms with Crippen LogP contribution in [-0.2, 0) is 14.8 Å². The highest BCUT2D eigenvalue weighted by Crippen LogP contribution is 2.45. The molecule has 2 aliphatic rings. The van der Waals surface area contributed by atoms with Crippen molar-refractivity contribution in [1.29, 1.82) is 0 Å². The number of para-hydroxylation sites is 1. The van der Waals surface area contributed by atoms with E-state index in [-0.39, 0.29) is 23.8 Å². The second kappa shape index (κ2) is 8.08. The molecule has 0 spiro atoms. The second-order valence-electron chi connectivity index (χ2n) is 9.18. The van der Waals surface area contributed by atoms with Gasteiger partial charge in [-0.25, -0.2) is 8.42 Å². The molecule has 0 aromatic heterocycles. The van der Waals surface area contributed by atoms with Gasteiger partial charge in [-0.3, -0.25) is 4.79 Å². The number of halogens is 1. The van der Waals surface area contributed by atoms with Crippen LogP contribution in [0.25, 0.3) is 0 Å². The molecule has 3 atom stereocenters. The number of sulfonamides is 1. The monoisotopic (exact) mass is 524 g/mol. The number of nitrogens with one attached hydrogen (secondary N) is 1. The van der Waals surface area contributed by atoms with Crippen molar-refractivity contribution < 1.29 is 13.2 Å². The molecule has 1 saturated heterocycles. The zero-order chi connectivity index (χ0) is 23.4. The zero-order valence-corrected chi connectivity index (χ0v) is 20.9. The first kappa shape index (κ1) is 22.3. The molecule has 7 heteroatoms. The third kappa shape index (κ3) is 3.82. The number of benzene rings is 3. The van der Waals surface area contributed by atoms with Crippen LogP contribution in [0.1, 0.15) is 29.5 Å². The number of fused-ring (bicyclic) bond motifs is 2. The molecule has 2 heterocycles. The molecule has 3 aromatic carbocycles. The summed E-state index contributed by atoms with van der Waals surface area (Å²) in [7, 11) is -3.72. The number of anilines is 1. The molecule has 33 heavy (non-hydrogen) atoms. The number of rotatable bonds is 3. The number of aryl methyl sites for hydroxylation is 1. The molecule has 0 amide bonds. The van der Waals surface area contributed by atoms with E-state index in [1.165, 1.54) is 4.31 Å². The predicted octanol–water partition coefficient (Wildman–Crippen LogP) is 4.96. The first-order valence-corrected chi connectivity index (χ1v) is 13.2. The fraction of sp³-hybridized carbons (Fsp3) is 0.269. The Morgan fingerprint density at radius 3 is 2.36 bits per heavy atom. The first-order valence-electron chi connectivity index (χ1n) is 10.9. The van der Waals surface area contributed by atoms with Gasteiger partial charge in [0, 0.05) is 23.2 Å². The number of carbonyl (C=O) groups excluding carboxylic acids is 1. The SMILES string of the molecule is Cc1ccc(S(=O)(=O)N2C[C@H]3C(=O)C(c4ccc(Br)cc4)c4ccccc4N[C@@]3(C)C2)cc1. The van der Waals surface area contributed by atoms with Crippen LogP contribution in [0.5, 0.6) is 0 Å². The Hall–Kier alpha value is -2.48. The third-order valence-corrected chi connectivity index (χ3v) is 9.20. The summed E-state index contributed by atoms with van der Waals surface area (Å²) < 4.78 is 29.3. The first-order chi connectivity index (χ1) is 15.7. The van der Waals surface area contributed by atoms with Gasteiger partial charge in [0.15, 0.2) is 5.78 Å². The van der Waals surface area contributed by atoms with Crippen molar-refractivity contribution in [3.63, 3.8) is 0 Å². The number of hydrogen-bond acceptors (Lipinski definition) is 4. The van der Waals surface area contributed by atoms with Gasteiger partial charge < -0.3 is 5.32 Å². The average Bonchev–Trinajstić information content (AvgIpc) is 3.10. The maximum absolute atomic E-state index is 14.1. The molecular weight excluding hydrogens is 500 g/mol. The summed E-state index contributed by atoms with van der Waals surface area (Å²) >= 11 is 3.47. The third-order valence-electron chi connectivity index (χ3n) is 6.84. The lowest BCUT2D eigenvalue weighted by molar-refractivity contribution is -0.123. The van der Waals surface area contributed by atoms with Crippen LogP contribution >= 0.6 is 15.9 Å². The van der Waals surface area contributed by atoms with Crippen LogP contribution in [0.3, 0.4) is 0 Å². The highest BCUT2D eigenvalue weighted by atomic mass is 79.9. The van der Waals surface area contributed by atoms with Crippen LogP contribution in [0.2, 0.25) is 0 Å². The van der Waals surface area contributed by atoms with Crippen LogP contribution in [0.15, 0.2) is 82.2 Å². The Bertz CT molecular complexity index is 1320. The van der Waals surface area contributed by atoms with Crippen LogP contribution < -0.4 is 5.32 Å². The normalized spacial score (nSPS) is 25.1. The fourth-order valence-electron chi connectivity index (χ4n) is 5.04. The number of carbonyl (C=O) groups is 1. The molecule has 170 valence electrons. The Labute approximate surface area is 203 Å². The molecule has 2 aliphatic heterocycles. The molecule has 1 unspecified atom stereocenters. The predicted molar refractivity (Wildman–Crippen MR) is 133 cm³/mol. The van der Waals surface area contributed by atoms with Gasteiger partial charge >= 0.3 is 0 Å². The standard InChI is InChI=1S/C26H25BrN2O3S/c1-17-7-13-20(14-8-17)33(31,32)29-15-22-25(30)24(18-9-11-19(27)12-10-18)21-5-3-4-6-23(21)28-26(22,2)16-29/h3-14,22,24,28H,15-16H2,1-2H3/t22-,24?,26-/m0/s1. The van der Waals surface area contributed by atoms with Crippen LogP contribution in [-0.4, -0.2) is 37.1 Å². The molecule has 0 radical (unpaired) electrons. The van der Waals surface area contributed by atoms with Crippen molar-refractivity contribution in [1.82, 2.24) is 4.31 Å². The molecule has 0 saturated carbocycles. The van der Waals surface area contributed by atoms with Crippen molar-refractivity contribution >= 4 is 37.4 Å². The summed E-state index contributed by atoms with van der Waals surface area (Å²) in [6.45, 7) is 4.26. The van der Waals surface area contributed by atoms with E-state index in [2.05, 4.69) is 21.2 Å². The topological polar surface area (TPSA) is 66.5 Å². The molecule has 1 N–H and O–H groups in total. The fourth-order valence-corrected chi connectivity index (χ4v) is 6.87. The highest BCUT2D eigenvalue weighted by Gasteiger charge is 2.54. The molecule has 0 aliphatic carbocycles. The van der Waals surface area contributed by atoms with E-state index in [9.17, 15) is 13.2 Å². The Kier molecular flexibility index (Phi) is 5.46. The summed E-state index contributed by atoms with van der Waals surface area (Å²) in [4.78, 5) is 14.3. The van der Waals surface area contributed by atoms with Gasteiger partial charge in [0.2, 0.25) is 10.0 Å². The van der Waals surface area contributed by atoms with E-state index in [0.717, 1.165) is 26.9 Å². The number of nitrogens with zero attached hydrogens (tertiary/aromatic N) is 1. The highest BCUT2D eigenvalue weighted by molar-refractivity contribution is 9.10. The van der Waals surface area contributed by atoms with Gasteiger partial charge in [-0.05, 0) is 55.3 Å². The zero-order valence-electron chi connectivity index (χ0n) is 18.5. The maximum atomic E-state index is 14.1. The molecule has 5 nitrogen and oxygen atoms in total. The van der Waals surface area contributed by atoms with Gasteiger partial charge in [0.05, 0.1) is 22.3 Å². The number of hydrogen-bond donors (Lipinski definition) is 1.